The molecule has 0 aliphatic heterocycles. The zero-order chi connectivity index (χ0) is 19.5. The van der Waals surface area contributed by atoms with Gasteiger partial charge >= 0.3 is 11.9 Å². The van der Waals surface area contributed by atoms with Crippen molar-refractivity contribution in [3.8, 4) is 0 Å². The van der Waals surface area contributed by atoms with E-state index >= 15 is 0 Å². The number of hydrogen-bond donors (Lipinski definition) is 2. The molecule has 5 heteroatoms. The molecule has 0 amide bonds. The summed E-state index contributed by atoms with van der Waals surface area (Å²) in [7, 11) is 0. The summed E-state index contributed by atoms with van der Waals surface area (Å²) in [4.78, 5) is 36.5. The standard InChI is InChI=1S/C21H20O5/c1-13-4-8-16(9-5-13)18(22)12-21(20(25)26,15(3)19(23)24)17-10-6-14(2)7-11-17/h4-11H,3,12H2,1-2H3,(H,23,24)(H,25,26). The van der Waals surface area contributed by atoms with Crippen LogP contribution < -0.4 is 0 Å². The summed E-state index contributed by atoms with van der Waals surface area (Å²) in [6.45, 7) is 7.17. The molecule has 26 heavy (non-hydrogen) atoms. The average molecular weight is 352 g/mol. The second kappa shape index (κ2) is 7.35. The molecule has 1 atom stereocenters. The van der Waals surface area contributed by atoms with Crippen LogP contribution in [0.25, 0.3) is 0 Å². The Kier molecular flexibility index (Phi) is 5.41. The fraction of sp³-hybridized carbons (Fsp3) is 0.190. The lowest BCUT2D eigenvalue weighted by atomic mass is 9.70. The minimum atomic E-state index is -2.04. The highest BCUT2D eigenvalue weighted by molar-refractivity contribution is 6.06. The molecule has 0 radical (unpaired) electrons. The highest BCUT2D eigenvalue weighted by Crippen LogP contribution is 2.37. The molecular weight excluding hydrogens is 332 g/mol. The van der Waals surface area contributed by atoms with Gasteiger partial charge in [-0.2, -0.15) is 0 Å². The molecule has 2 aromatic carbocycles. The van der Waals surface area contributed by atoms with E-state index in [1.807, 2.05) is 13.8 Å². The summed E-state index contributed by atoms with van der Waals surface area (Å²) in [6, 6.07) is 13.1. The van der Waals surface area contributed by atoms with Gasteiger partial charge in [-0.3, -0.25) is 9.59 Å². The third kappa shape index (κ3) is 3.57. The molecule has 0 aromatic heterocycles. The monoisotopic (exact) mass is 352 g/mol. The van der Waals surface area contributed by atoms with Crippen LogP contribution in [-0.2, 0) is 15.0 Å². The number of Topliss-reactive ketones (excluding diaryl/α,β-unsaturated/α-hetero) is 1. The highest BCUT2D eigenvalue weighted by Gasteiger charge is 2.47. The Morgan fingerprint density at radius 3 is 1.77 bits per heavy atom. The smallest absolute Gasteiger partial charge is 0.332 e. The van der Waals surface area contributed by atoms with Crippen molar-refractivity contribution >= 4 is 17.7 Å². The molecule has 2 aromatic rings. The number of benzene rings is 2. The molecule has 0 saturated heterocycles. The first-order valence-corrected chi connectivity index (χ1v) is 8.01. The van der Waals surface area contributed by atoms with Crippen LogP contribution in [0.5, 0.6) is 0 Å². The number of carbonyl (C=O) groups is 3. The van der Waals surface area contributed by atoms with Gasteiger partial charge in [0.15, 0.2) is 5.78 Å². The van der Waals surface area contributed by atoms with Crippen molar-refractivity contribution in [1.29, 1.82) is 0 Å². The third-order valence-electron chi connectivity index (χ3n) is 4.48. The van der Waals surface area contributed by atoms with Crippen LogP contribution in [0, 0.1) is 13.8 Å². The number of aryl methyl sites for hydroxylation is 2. The zero-order valence-electron chi connectivity index (χ0n) is 14.7. The molecule has 0 bridgehead atoms. The van der Waals surface area contributed by atoms with Gasteiger partial charge in [-0.1, -0.05) is 66.2 Å². The maximum atomic E-state index is 12.7. The van der Waals surface area contributed by atoms with Gasteiger partial charge in [0, 0.05) is 12.0 Å². The van der Waals surface area contributed by atoms with Crippen molar-refractivity contribution in [2.75, 3.05) is 0 Å². The Hall–Kier alpha value is -3.21. The van der Waals surface area contributed by atoms with Crippen LogP contribution in [0.3, 0.4) is 0 Å². The van der Waals surface area contributed by atoms with Gasteiger partial charge in [-0.05, 0) is 19.4 Å². The first kappa shape index (κ1) is 19.1. The molecule has 0 saturated carbocycles. The van der Waals surface area contributed by atoms with Gasteiger partial charge in [0.05, 0.1) is 5.57 Å². The molecule has 134 valence electrons. The quantitative estimate of drug-likeness (QED) is 0.587. The Labute approximate surface area is 151 Å². The predicted octanol–water partition coefficient (Wildman–Crippen LogP) is 3.54. The summed E-state index contributed by atoms with van der Waals surface area (Å²) >= 11 is 0. The highest BCUT2D eigenvalue weighted by atomic mass is 16.4. The molecular formula is C21H20O5. The minimum Gasteiger partial charge on any atom is -0.480 e. The van der Waals surface area contributed by atoms with Crippen molar-refractivity contribution in [1.82, 2.24) is 0 Å². The number of carboxylic acid groups (broad SMARTS) is 2. The number of carboxylic acids is 2. The predicted molar refractivity (Wildman–Crippen MR) is 97.4 cm³/mol. The van der Waals surface area contributed by atoms with Crippen molar-refractivity contribution in [2.45, 2.75) is 25.7 Å². The Morgan fingerprint density at radius 2 is 1.35 bits per heavy atom. The molecule has 0 aliphatic carbocycles. The van der Waals surface area contributed by atoms with E-state index in [1.165, 1.54) is 12.1 Å². The lowest BCUT2D eigenvalue weighted by molar-refractivity contribution is -0.145. The maximum Gasteiger partial charge on any atom is 0.332 e. The van der Waals surface area contributed by atoms with Crippen molar-refractivity contribution in [3.63, 3.8) is 0 Å². The molecule has 2 N–H and O–H groups in total. The SMILES string of the molecule is C=C(C(=O)O)C(CC(=O)c1ccc(C)cc1)(C(=O)O)c1ccc(C)cc1. The number of carbonyl (C=O) groups excluding carboxylic acids is 1. The average Bonchev–Trinajstić information content (AvgIpc) is 2.60. The van der Waals surface area contributed by atoms with Crippen molar-refractivity contribution in [2.24, 2.45) is 0 Å². The first-order chi connectivity index (χ1) is 12.2. The van der Waals surface area contributed by atoms with Crippen molar-refractivity contribution in [3.05, 3.63) is 82.9 Å². The summed E-state index contributed by atoms with van der Waals surface area (Å²) in [6.07, 6.45) is -0.528. The van der Waals surface area contributed by atoms with Crippen LogP contribution in [0.1, 0.15) is 33.5 Å². The fourth-order valence-electron chi connectivity index (χ4n) is 2.81. The first-order valence-electron chi connectivity index (χ1n) is 8.01. The molecule has 0 fully saturated rings. The number of rotatable bonds is 7. The third-order valence-corrected chi connectivity index (χ3v) is 4.48. The Balaban J connectivity index is 2.58. The fourth-order valence-corrected chi connectivity index (χ4v) is 2.81. The molecule has 2 rings (SSSR count). The van der Waals surface area contributed by atoms with Crippen LogP contribution in [0.4, 0.5) is 0 Å². The lowest BCUT2D eigenvalue weighted by Crippen LogP contribution is -2.42. The van der Waals surface area contributed by atoms with E-state index in [2.05, 4.69) is 6.58 Å². The molecule has 0 aliphatic rings. The summed E-state index contributed by atoms with van der Waals surface area (Å²) in [5, 5.41) is 19.4. The van der Waals surface area contributed by atoms with Gasteiger partial charge in [0.1, 0.15) is 5.41 Å². The second-order valence-corrected chi connectivity index (χ2v) is 6.33. The van der Waals surface area contributed by atoms with Crippen molar-refractivity contribution < 1.29 is 24.6 Å². The van der Waals surface area contributed by atoms with E-state index in [9.17, 15) is 24.6 Å². The minimum absolute atomic E-state index is 0.212. The second-order valence-electron chi connectivity index (χ2n) is 6.33. The Bertz CT molecular complexity index is 862. The van der Waals surface area contributed by atoms with E-state index < -0.39 is 35.1 Å². The van der Waals surface area contributed by atoms with Gasteiger partial charge in [-0.25, -0.2) is 4.79 Å². The number of aliphatic carboxylic acids is 2. The topological polar surface area (TPSA) is 91.7 Å². The van der Waals surface area contributed by atoms with Gasteiger partial charge in [-0.15, -0.1) is 0 Å². The van der Waals surface area contributed by atoms with E-state index in [0.717, 1.165) is 11.1 Å². The number of hydrogen-bond acceptors (Lipinski definition) is 3. The van der Waals surface area contributed by atoms with E-state index in [1.54, 1.807) is 36.4 Å². The molecule has 1 unspecified atom stereocenters. The van der Waals surface area contributed by atoms with E-state index in [0.29, 0.717) is 5.56 Å². The summed E-state index contributed by atoms with van der Waals surface area (Å²) in [5.74, 6) is -3.34. The zero-order valence-corrected chi connectivity index (χ0v) is 14.7. The summed E-state index contributed by atoms with van der Waals surface area (Å²) in [5.41, 5.74) is -0.204. The van der Waals surface area contributed by atoms with Crippen LogP contribution >= 0.6 is 0 Å². The molecule has 0 heterocycles. The van der Waals surface area contributed by atoms with Crippen LogP contribution in [-0.4, -0.2) is 27.9 Å². The van der Waals surface area contributed by atoms with Crippen LogP contribution in [0.2, 0.25) is 0 Å². The van der Waals surface area contributed by atoms with E-state index in [-0.39, 0.29) is 5.56 Å². The molecule has 0 spiro atoms. The largest absolute Gasteiger partial charge is 0.480 e. The van der Waals surface area contributed by atoms with Gasteiger partial charge in [0.2, 0.25) is 0 Å². The normalized spacial score (nSPS) is 12.8. The van der Waals surface area contributed by atoms with Gasteiger partial charge in [0.25, 0.3) is 0 Å². The van der Waals surface area contributed by atoms with Gasteiger partial charge < -0.3 is 10.2 Å². The Morgan fingerprint density at radius 1 is 0.885 bits per heavy atom. The van der Waals surface area contributed by atoms with Crippen LogP contribution in [0.15, 0.2) is 60.7 Å². The maximum absolute atomic E-state index is 12.7. The lowest BCUT2D eigenvalue weighted by Gasteiger charge is -2.29. The number of ketones is 1. The van der Waals surface area contributed by atoms with E-state index in [4.69, 9.17) is 0 Å². The summed E-state index contributed by atoms with van der Waals surface area (Å²) < 4.78 is 0. The molecule has 5 nitrogen and oxygen atoms in total.